The zero-order valence-electron chi connectivity index (χ0n) is 11.9. The van der Waals surface area contributed by atoms with Gasteiger partial charge >= 0.3 is 0 Å². The molecule has 1 aromatic rings. The van der Waals surface area contributed by atoms with Crippen LogP contribution in [0.2, 0.25) is 0 Å². The molecule has 5 nitrogen and oxygen atoms in total. The van der Waals surface area contributed by atoms with E-state index in [1.54, 1.807) is 0 Å². The van der Waals surface area contributed by atoms with E-state index in [0.717, 1.165) is 10.0 Å². The molecule has 22 heavy (non-hydrogen) atoms. The highest BCUT2D eigenvalue weighted by molar-refractivity contribution is 9.10. The molecule has 0 aliphatic carbocycles. The Balaban J connectivity index is 1.75. The number of nitrogens with one attached hydrogen (secondary N) is 4. The standard InChI is InChI=1S/C14H18BrF2N5/c15-11-3-1-10(2-4-11)9-20-12(18)21-13(19)22-7-5-14(16,17)6-8-22/h1-4H,5-9H2,(H4,18,19,20,21). The fourth-order valence-corrected chi connectivity index (χ4v) is 2.36. The topological polar surface area (TPSA) is 75.0 Å². The summed E-state index contributed by atoms with van der Waals surface area (Å²) in [7, 11) is 0. The van der Waals surface area contributed by atoms with Gasteiger partial charge in [0.05, 0.1) is 0 Å². The van der Waals surface area contributed by atoms with E-state index in [0.29, 0.717) is 6.54 Å². The zero-order valence-corrected chi connectivity index (χ0v) is 13.5. The normalized spacial score (nSPS) is 17.0. The molecule has 1 aliphatic heterocycles. The smallest absolute Gasteiger partial charge is 0.251 e. The largest absolute Gasteiger partial charge is 0.352 e. The van der Waals surface area contributed by atoms with Gasteiger partial charge in [0.2, 0.25) is 0 Å². The number of alkyl halides is 2. The Morgan fingerprint density at radius 1 is 1.18 bits per heavy atom. The predicted molar refractivity (Wildman–Crippen MR) is 85.3 cm³/mol. The number of halogens is 3. The van der Waals surface area contributed by atoms with Gasteiger partial charge in [0.15, 0.2) is 11.9 Å². The Bertz CT molecular complexity index is 537. The average molecular weight is 374 g/mol. The first-order valence-electron chi connectivity index (χ1n) is 6.91. The highest BCUT2D eigenvalue weighted by Gasteiger charge is 2.34. The van der Waals surface area contributed by atoms with Crippen molar-refractivity contribution in [2.45, 2.75) is 25.3 Å². The number of likely N-dealkylation sites (tertiary alicyclic amines) is 1. The molecule has 8 heteroatoms. The minimum atomic E-state index is -2.63. The van der Waals surface area contributed by atoms with Crippen molar-refractivity contribution in [1.29, 1.82) is 10.8 Å². The van der Waals surface area contributed by atoms with E-state index in [1.165, 1.54) is 4.90 Å². The van der Waals surface area contributed by atoms with Crippen LogP contribution in [0.4, 0.5) is 8.78 Å². The molecule has 120 valence electrons. The molecule has 1 aromatic carbocycles. The quantitative estimate of drug-likeness (QED) is 0.475. The monoisotopic (exact) mass is 373 g/mol. The minimum Gasteiger partial charge on any atom is -0.352 e. The lowest BCUT2D eigenvalue weighted by atomic mass is 10.1. The third-order valence-corrected chi connectivity index (χ3v) is 3.97. The van der Waals surface area contributed by atoms with Crippen molar-refractivity contribution in [3.05, 3.63) is 34.3 Å². The molecule has 1 saturated heterocycles. The van der Waals surface area contributed by atoms with Crippen LogP contribution in [-0.2, 0) is 6.54 Å². The van der Waals surface area contributed by atoms with Crippen LogP contribution < -0.4 is 10.6 Å². The summed E-state index contributed by atoms with van der Waals surface area (Å²) in [5.74, 6) is -2.68. The molecule has 0 unspecified atom stereocenters. The molecular weight excluding hydrogens is 356 g/mol. The molecule has 1 heterocycles. The summed E-state index contributed by atoms with van der Waals surface area (Å²) < 4.78 is 27.1. The van der Waals surface area contributed by atoms with Gasteiger partial charge in [0.1, 0.15) is 0 Å². The molecular formula is C14H18BrF2N5. The van der Waals surface area contributed by atoms with E-state index >= 15 is 0 Å². The Morgan fingerprint density at radius 2 is 1.77 bits per heavy atom. The molecule has 0 radical (unpaired) electrons. The van der Waals surface area contributed by atoms with Crippen molar-refractivity contribution < 1.29 is 8.78 Å². The maximum atomic E-state index is 13.1. The minimum absolute atomic E-state index is 0.0229. The van der Waals surface area contributed by atoms with Gasteiger partial charge in [-0.25, -0.2) is 8.78 Å². The summed E-state index contributed by atoms with van der Waals surface area (Å²) in [6.45, 7) is 0.697. The maximum Gasteiger partial charge on any atom is 0.251 e. The Hall–Kier alpha value is -1.70. The van der Waals surface area contributed by atoms with E-state index in [4.69, 9.17) is 10.8 Å². The SMILES string of the molecule is N=C(NCc1ccc(Br)cc1)NC(=N)N1CCC(F)(F)CC1. The van der Waals surface area contributed by atoms with Crippen LogP contribution >= 0.6 is 15.9 Å². The van der Waals surface area contributed by atoms with Gasteiger partial charge < -0.3 is 10.2 Å². The number of benzene rings is 1. The second kappa shape index (κ2) is 7.04. The number of hydrogen-bond donors (Lipinski definition) is 4. The molecule has 0 atom stereocenters. The first kappa shape index (κ1) is 16.7. The van der Waals surface area contributed by atoms with Crippen LogP contribution in [0.5, 0.6) is 0 Å². The Labute approximate surface area is 136 Å². The second-order valence-corrected chi connectivity index (χ2v) is 6.09. The van der Waals surface area contributed by atoms with E-state index < -0.39 is 5.92 Å². The molecule has 4 N–H and O–H groups in total. The lowest BCUT2D eigenvalue weighted by Gasteiger charge is -2.33. The molecule has 1 fully saturated rings. The summed E-state index contributed by atoms with van der Waals surface area (Å²) in [5, 5.41) is 21.0. The van der Waals surface area contributed by atoms with E-state index in [-0.39, 0.29) is 37.9 Å². The number of guanidine groups is 2. The molecule has 1 aliphatic rings. The molecule has 0 saturated carbocycles. The third-order valence-electron chi connectivity index (χ3n) is 3.44. The highest BCUT2D eigenvalue weighted by atomic mass is 79.9. The fourth-order valence-electron chi connectivity index (χ4n) is 2.09. The van der Waals surface area contributed by atoms with Crippen LogP contribution in [0.25, 0.3) is 0 Å². The van der Waals surface area contributed by atoms with Gasteiger partial charge in [0, 0.05) is 36.9 Å². The number of hydrogen-bond acceptors (Lipinski definition) is 2. The summed E-state index contributed by atoms with van der Waals surface area (Å²) in [6.07, 6.45) is -0.507. The van der Waals surface area contributed by atoms with Gasteiger partial charge in [-0.15, -0.1) is 0 Å². The van der Waals surface area contributed by atoms with Crippen molar-refractivity contribution in [3.63, 3.8) is 0 Å². The van der Waals surface area contributed by atoms with Crippen LogP contribution in [0.3, 0.4) is 0 Å². The van der Waals surface area contributed by atoms with Crippen LogP contribution in [0.15, 0.2) is 28.7 Å². The number of piperidine rings is 1. The Kier molecular flexibility index (Phi) is 5.33. The molecule has 0 spiro atoms. The predicted octanol–water partition coefficient (Wildman–Crippen LogP) is 2.73. The summed E-state index contributed by atoms with van der Waals surface area (Å²) in [6, 6.07) is 7.65. The van der Waals surface area contributed by atoms with E-state index in [9.17, 15) is 8.78 Å². The zero-order chi connectivity index (χ0) is 16.2. The summed E-state index contributed by atoms with van der Waals surface area (Å²) in [4.78, 5) is 1.52. The van der Waals surface area contributed by atoms with Crippen LogP contribution in [0.1, 0.15) is 18.4 Å². The van der Waals surface area contributed by atoms with Crippen LogP contribution in [0, 0.1) is 10.8 Å². The first-order valence-corrected chi connectivity index (χ1v) is 7.70. The summed E-state index contributed by atoms with van der Waals surface area (Å²) in [5.41, 5.74) is 0.999. The maximum absolute atomic E-state index is 13.1. The van der Waals surface area contributed by atoms with Crippen molar-refractivity contribution >= 4 is 27.8 Å². The van der Waals surface area contributed by atoms with Crippen molar-refractivity contribution in [3.8, 4) is 0 Å². The second-order valence-electron chi connectivity index (χ2n) is 5.17. The van der Waals surface area contributed by atoms with E-state index in [1.807, 2.05) is 24.3 Å². The van der Waals surface area contributed by atoms with Gasteiger partial charge in [-0.1, -0.05) is 28.1 Å². The number of nitrogens with zero attached hydrogens (tertiary/aromatic N) is 1. The fraction of sp³-hybridized carbons (Fsp3) is 0.429. The molecule has 0 amide bonds. The Morgan fingerprint density at radius 3 is 2.36 bits per heavy atom. The van der Waals surface area contributed by atoms with Gasteiger partial charge in [-0.05, 0) is 17.7 Å². The summed E-state index contributed by atoms with van der Waals surface area (Å²) >= 11 is 3.35. The van der Waals surface area contributed by atoms with Crippen molar-refractivity contribution in [2.24, 2.45) is 0 Å². The highest BCUT2D eigenvalue weighted by Crippen LogP contribution is 2.27. The lowest BCUT2D eigenvalue weighted by Crippen LogP contribution is -2.51. The third kappa shape index (κ3) is 4.94. The van der Waals surface area contributed by atoms with Gasteiger partial charge in [0.25, 0.3) is 5.92 Å². The molecule has 2 rings (SSSR count). The van der Waals surface area contributed by atoms with Gasteiger partial charge in [-0.3, -0.25) is 16.1 Å². The van der Waals surface area contributed by atoms with Crippen molar-refractivity contribution in [2.75, 3.05) is 13.1 Å². The van der Waals surface area contributed by atoms with Gasteiger partial charge in [-0.2, -0.15) is 0 Å². The van der Waals surface area contributed by atoms with Crippen molar-refractivity contribution in [1.82, 2.24) is 15.5 Å². The van der Waals surface area contributed by atoms with E-state index in [2.05, 4.69) is 26.6 Å². The average Bonchev–Trinajstić information content (AvgIpc) is 2.46. The van der Waals surface area contributed by atoms with Crippen LogP contribution in [-0.4, -0.2) is 35.8 Å². The molecule has 0 bridgehead atoms. The lowest BCUT2D eigenvalue weighted by molar-refractivity contribution is -0.0438. The first-order chi connectivity index (χ1) is 10.4. The molecule has 0 aromatic heterocycles. The number of rotatable bonds is 2.